The molecule has 2 fully saturated rings. The molecule has 2 amide bonds. The minimum Gasteiger partial charge on any atom is -0.466 e. The van der Waals surface area contributed by atoms with Crippen LogP contribution in [0.2, 0.25) is 0 Å². The summed E-state index contributed by atoms with van der Waals surface area (Å²) in [4.78, 5) is 59.3. The summed E-state index contributed by atoms with van der Waals surface area (Å²) in [6, 6.07) is 0. The number of piperidine rings is 1. The van der Waals surface area contributed by atoms with Crippen molar-refractivity contribution in [2.75, 3.05) is 13.4 Å². The Labute approximate surface area is 168 Å². The lowest BCUT2D eigenvalue weighted by Gasteiger charge is -2.41. The van der Waals surface area contributed by atoms with Crippen LogP contribution < -0.4 is 5.32 Å². The first kappa shape index (κ1) is 23.0. The second kappa shape index (κ2) is 9.93. The van der Waals surface area contributed by atoms with E-state index in [0.717, 1.165) is 0 Å². The number of esters is 2. The molecule has 2 aliphatic rings. The minimum atomic E-state index is -1.12. The van der Waals surface area contributed by atoms with Gasteiger partial charge in [0.1, 0.15) is 12.9 Å². The second-order valence-electron chi connectivity index (χ2n) is 7.52. The summed E-state index contributed by atoms with van der Waals surface area (Å²) in [6.07, 6.45) is -3.04. The number of ether oxygens (including phenoxy) is 4. The lowest BCUT2D eigenvalue weighted by molar-refractivity contribution is -0.248. The largest absolute Gasteiger partial charge is 0.466 e. The van der Waals surface area contributed by atoms with Crippen LogP contribution in [0, 0.1) is 17.8 Å². The Morgan fingerprint density at radius 2 is 1.69 bits per heavy atom. The topological polar surface area (TPSA) is 134 Å². The number of amides is 2. The monoisotopic (exact) mass is 413 g/mol. The quantitative estimate of drug-likeness (QED) is 0.456. The molecule has 1 N–H and O–H groups in total. The lowest BCUT2D eigenvalue weighted by atomic mass is 9.82. The van der Waals surface area contributed by atoms with Gasteiger partial charge in [-0.15, -0.1) is 0 Å². The molecule has 2 rings (SSSR count). The number of nitrogens with one attached hydrogen (secondary N) is 1. The Morgan fingerprint density at radius 1 is 1.07 bits per heavy atom. The maximum absolute atomic E-state index is 13.1. The first-order valence-electron chi connectivity index (χ1n) is 9.50. The molecule has 0 radical (unpaired) electrons. The number of hydrogen-bond donors (Lipinski definition) is 1. The second-order valence-corrected chi connectivity index (χ2v) is 7.52. The Morgan fingerprint density at radius 3 is 2.24 bits per heavy atom. The van der Waals surface area contributed by atoms with Crippen molar-refractivity contribution in [2.45, 2.75) is 58.8 Å². The molecule has 0 saturated carbocycles. The van der Waals surface area contributed by atoms with Crippen LogP contribution in [-0.4, -0.2) is 61.2 Å². The molecule has 10 nitrogen and oxygen atoms in total. The van der Waals surface area contributed by atoms with E-state index in [1.165, 1.54) is 13.8 Å². The SMILES string of the molecule is CC(=O)OCC(C)C(C)C(=O)C1OCOC(C2CC(=O)NC(=O)C2)C1OC(C)=O. The summed E-state index contributed by atoms with van der Waals surface area (Å²) >= 11 is 0. The summed E-state index contributed by atoms with van der Waals surface area (Å²) in [5.41, 5.74) is 0. The molecule has 0 aromatic heterocycles. The highest BCUT2D eigenvalue weighted by Gasteiger charge is 2.48. The molecule has 29 heavy (non-hydrogen) atoms. The molecule has 0 spiro atoms. The first-order valence-corrected chi connectivity index (χ1v) is 9.50. The molecule has 0 aliphatic carbocycles. The number of hydrogen-bond acceptors (Lipinski definition) is 9. The van der Waals surface area contributed by atoms with Crippen molar-refractivity contribution >= 4 is 29.5 Å². The maximum Gasteiger partial charge on any atom is 0.303 e. The maximum atomic E-state index is 13.1. The Balaban J connectivity index is 2.19. The number of imide groups is 1. The molecule has 5 unspecified atom stereocenters. The van der Waals surface area contributed by atoms with Crippen LogP contribution in [-0.2, 0) is 42.9 Å². The summed E-state index contributed by atoms with van der Waals surface area (Å²) in [5, 5.41) is 2.21. The van der Waals surface area contributed by atoms with Crippen molar-refractivity contribution in [3.63, 3.8) is 0 Å². The van der Waals surface area contributed by atoms with E-state index in [1.807, 2.05) is 0 Å². The molecule has 2 heterocycles. The fraction of sp³-hybridized carbons (Fsp3) is 0.737. The van der Waals surface area contributed by atoms with E-state index < -0.39 is 53.9 Å². The highest BCUT2D eigenvalue weighted by Crippen LogP contribution is 2.32. The molecule has 2 saturated heterocycles. The zero-order valence-electron chi connectivity index (χ0n) is 17.0. The summed E-state index contributed by atoms with van der Waals surface area (Å²) in [6.45, 7) is 5.73. The van der Waals surface area contributed by atoms with E-state index >= 15 is 0 Å². The van der Waals surface area contributed by atoms with Gasteiger partial charge in [-0.1, -0.05) is 13.8 Å². The van der Waals surface area contributed by atoms with Crippen LogP contribution >= 0.6 is 0 Å². The first-order chi connectivity index (χ1) is 13.6. The van der Waals surface area contributed by atoms with Gasteiger partial charge in [0, 0.05) is 38.5 Å². The van der Waals surface area contributed by atoms with Gasteiger partial charge in [0.15, 0.2) is 18.0 Å². The number of carbonyl (C=O) groups is 5. The summed E-state index contributed by atoms with van der Waals surface area (Å²) in [7, 11) is 0. The molecule has 2 aliphatic heterocycles. The third-order valence-electron chi connectivity index (χ3n) is 5.20. The highest BCUT2D eigenvalue weighted by molar-refractivity contribution is 5.97. The molecular weight excluding hydrogens is 386 g/mol. The van der Waals surface area contributed by atoms with E-state index in [9.17, 15) is 24.0 Å². The average Bonchev–Trinajstić information content (AvgIpc) is 2.63. The van der Waals surface area contributed by atoms with Crippen LogP contribution in [0.1, 0.15) is 40.5 Å². The fourth-order valence-corrected chi connectivity index (χ4v) is 3.49. The molecule has 5 atom stereocenters. The van der Waals surface area contributed by atoms with Gasteiger partial charge in [-0.25, -0.2) is 0 Å². The van der Waals surface area contributed by atoms with Gasteiger partial charge in [-0.3, -0.25) is 29.3 Å². The molecule has 0 bridgehead atoms. The molecule has 162 valence electrons. The van der Waals surface area contributed by atoms with E-state index in [4.69, 9.17) is 18.9 Å². The minimum absolute atomic E-state index is 0.00743. The van der Waals surface area contributed by atoms with Crippen molar-refractivity contribution < 1.29 is 42.9 Å². The van der Waals surface area contributed by atoms with Gasteiger partial charge in [0.25, 0.3) is 0 Å². The van der Waals surface area contributed by atoms with E-state index in [1.54, 1.807) is 13.8 Å². The van der Waals surface area contributed by atoms with E-state index in [2.05, 4.69) is 5.32 Å². The van der Waals surface area contributed by atoms with E-state index in [-0.39, 0.29) is 37.9 Å². The highest BCUT2D eigenvalue weighted by atomic mass is 16.7. The lowest BCUT2D eigenvalue weighted by Crippen LogP contribution is -2.57. The normalized spacial score (nSPS) is 27.5. The van der Waals surface area contributed by atoms with Crippen LogP contribution in [0.15, 0.2) is 0 Å². The Hall–Kier alpha value is -2.33. The molecule has 0 aromatic rings. The van der Waals surface area contributed by atoms with Crippen molar-refractivity contribution in [2.24, 2.45) is 17.8 Å². The molecular formula is C19H27NO9. The van der Waals surface area contributed by atoms with Crippen molar-refractivity contribution in [1.82, 2.24) is 5.32 Å². The number of rotatable bonds is 7. The fourth-order valence-electron chi connectivity index (χ4n) is 3.49. The predicted molar refractivity (Wildman–Crippen MR) is 96.0 cm³/mol. The van der Waals surface area contributed by atoms with Gasteiger partial charge in [0.05, 0.1) is 6.61 Å². The Kier molecular flexibility index (Phi) is 7.86. The third-order valence-corrected chi connectivity index (χ3v) is 5.20. The average molecular weight is 413 g/mol. The van der Waals surface area contributed by atoms with Gasteiger partial charge >= 0.3 is 11.9 Å². The van der Waals surface area contributed by atoms with Crippen LogP contribution in [0.25, 0.3) is 0 Å². The summed E-state index contributed by atoms with van der Waals surface area (Å²) in [5.74, 6) is -3.73. The zero-order chi connectivity index (χ0) is 21.7. The van der Waals surface area contributed by atoms with Crippen LogP contribution in [0.4, 0.5) is 0 Å². The van der Waals surface area contributed by atoms with Crippen LogP contribution in [0.3, 0.4) is 0 Å². The van der Waals surface area contributed by atoms with Crippen molar-refractivity contribution in [1.29, 1.82) is 0 Å². The zero-order valence-corrected chi connectivity index (χ0v) is 17.0. The van der Waals surface area contributed by atoms with Crippen LogP contribution in [0.5, 0.6) is 0 Å². The third kappa shape index (κ3) is 6.07. The smallest absolute Gasteiger partial charge is 0.303 e. The summed E-state index contributed by atoms with van der Waals surface area (Å²) < 4.78 is 21.4. The standard InChI is InChI=1S/C19H27NO9/c1-9(7-26-11(3)21)10(2)16(25)18-19(29-12(4)22)17(27-8-28-18)13-5-14(23)20-15(24)6-13/h9-10,13,17-19H,5-8H2,1-4H3,(H,20,23,24). The number of carbonyl (C=O) groups excluding carboxylic acids is 5. The molecule has 0 aromatic carbocycles. The Bertz CT molecular complexity index is 661. The predicted octanol–water partition coefficient (Wildman–Crippen LogP) is 0.117. The van der Waals surface area contributed by atoms with Gasteiger partial charge in [-0.05, 0) is 5.92 Å². The number of ketones is 1. The van der Waals surface area contributed by atoms with Crippen molar-refractivity contribution in [3.05, 3.63) is 0 Å². The van der Waals surface area contributed by atoms with E-state index in [0.29, 0.717) is 0 Å². The van der Waals surface area contributed by atoms with Crippen molar-refractivity contribution in [3.8, 4) is 0 Å². The number of Topliss-reactive ketones (excluding diaryl/α,β-unsaturated/α-hetero) is 1. The molecule has 10 heteroatoms. The van der Waals surface area contributed by atoms with Gasteiger partial charge in [0.2, 0.25) is 11.8 Å². The van der Waals surface area contributed by atoms with Gasteiger partial charge in [-0.2, -0.15) is 0 Å². The van der Waals surface area contributed by atoms with Gasteiger partial charge < -0.3 is 18.9 Å².